The van der Waals surface area contributed by atoms with Crippen molar-refractivity contribution in [2.45, 2.75) is 38.7 Å². The molecule has 7 nitrogen and oxygen atoms in total. The quantitative estimate of drug-likeness (QED) is 0.453. The van der Waals surface area contributed by atoms with Crippen molar-refractivity contribution < 1.29 is 9.90 Å². The number of aromatic nitrogens is 2. The van der Waals surface area contributed by atoms with E-state index in [1.165, 1.54) is 21.7 Å². The number of piperazine rings is 1. The van der Waals surface area contributed by atoms with E-state index in [1.54, 1.807) is 11.8 Å². The number of benzene rings is 2. The average Bonchev–Trinajstić information content (AvgIpc) is 3.18. The zero-order valence-corrected chi connectivity index (χ0v) is 22.7. The smallest absolute Gasteiger partial charge is 0.271 e. The number of anilines is 1. The summed E-state index contributed by atoms with van der Waals surface area (Å²) in [6.45, 7) is 12.5. The van der Waals surface area contributed by atoms with Crippen molar-refractivity contribution in [3.63, 3.8) is 0 Å². The van der Waals surface area contributed by atoms with E-state index in [0.29, 0.717) is 12.2 Å². The zero-order chi connectivity index (χ0) is 25.8. The number of hydrogen-bond acceptors (Lipinski definition) is 6. The molecular weight excluding hydrogens is 470 g/mol. The number of carbonyl (C=O) groups excluding carboxylic acids is 1. The molecule has 1 aliphatic rings. The van der Waals surface area contributed by atoms with Gasteiger partial charge in [0.25, 0.3) is 5.91 Å². The van der Waals surface area contributed by atoms with Crippen LogP contribution in [-0.2, 0) is 0 Å². The number of hydrogen-bond donors (Lipinski definition) is 2. The molecule has 1 amide bonds. The second-order valence-corrected chi connectivity index (χ2v) is 10.4. The third kappa shape index (κ3) is 5.77. The van der Waals surface area contributed by atoms with Crippen LogP contribution in [0, 0.1) is 27.7 Å². The molecule has 1 saturated heterocycles. The monoisotopic (exact) mass is 507 g/mol. The summed E-state index contributed by atoms with van der Waals surface area (Å²) in [7, 11) is 0. The molecule has 0 bridgehead atoms. The average molecular weight is 508 g/mol. The van der Waals surface area contributed by atoms with Crippen LogP contribution < -0.4 is 10.2 Å². The van der Waals surface area contributed by atoms with Crippen LogP contribution in [0.25, 0.3) is 5.69 Å². The van der Waals surface area contributed by atoms with Crippen molar-refractivity contribution in [3.05, 3.63) is 70.8 Å². The van der Waals surface area contributed by atoms with Crippen LogP contribution in [0.2, 0.25) is 0 Å². The molecule has 2 N–H and O–H groups in total. The van der Waals surface area contributed by atoms with Gasteiger partial charge in [0, 0.05) is 55.5 Å². The largest absolute Gasteiger partial charge is 0.390 e. The lowest BCUT2D eigenvalue weighted by molar-refractivity contribution is 0.0847. The molecule has 0 aliphatic carbocycles. The van der Waals surface area contributed by atoms with E-state index in [1.807, 2.05) is 36.8 Å². The van der Waals surface area contributed by atoms with Crippen LogP contribution in [0.5, 0.6) is 0 Å². The fourth-order valence-electron chi connectivity index (χ4n) is 4.87. The molecule has 8 heteroatoms. The Morgan fingerprint density at radius 2 is 1.75 bits per heavy atom. The number of aliphatic hydroxyl groups is 1. The van der Waals surface area contributed by atoms with Crippen LogP contribution in [0.15, 0.2) is 47.4 Å². The van der Waals surface area contributed by atoms with Gasteiger partial charge in [-0.1, -0.05) is 12.1 Å². The highest BCUT2D eigenvalue weighted by molar-refractivity contribution is 7.98. The Balaban J connectivity index is 1.29. The number of β-amino-alcohol motifs (C(OH)–C–C–N with tert-alkyl or cyclic N) is 1. The summed E-state index contributed by atoms with van der Waals surface area (Å²) < 4.78 is 1.99. The first-order valence-corrected chi connectivity index (χ1v) is 13.7. The molecule has 1 atom stereocenters. The Kier molecular flexibility index (Phi) is 8.39. The lowest BCUT2D eigenvalue weighted by atomic mass is 10.1. The first-order valence-electron chi connectivity index (χ1n) is 12.5. The number of rotatable bonds is 8. The van der Waals surface area contributed by atoms with Gasteiger partial charge in [0.05, 0.1) is 11.8 Å². The molecule has 2 heterocycles. The predicted octanol–water partition coefficient (Wildman–Crippen LogP) is 3.74. The molecule has 1 aliphatic heterocycles. The Morgan fingerprint density at radius 3 is 2.42 bits per heavy atom. The van der Waals surface area contributed by atoms with E-state index in [9.17, 15) is 9.90 Å². The highest BCUT2D eigenvalue weighted by atomic mass is 32.2. The molecule has 192 valence electrons. The van der Waals surface area contributed by atoms with E-state index >= 15 is 0 Å². The van der Waals surface area contributed by atoms with E-state index < -0.39 is 6.10 Å². The Bertz CT molecular complexity index is 1200. The summed E-state index contributed by atoms with van der Waals surface area (Å²) in [6.07, 6.45) is 1.41. The molecule has 3 aromatic rings. The summed E-state index contributed by atoms with van der Waals surface area (Å²) >= 11 is 1.69. The number of imidazole rings is 1. The number of thioether (sulfide) groups is 1. The zero-order valence-electron chi connectivity index (χ0n) is 21.9. The lowest BCUT2D eigenvalue weighted by Gasteiger charge is -2.37. The lowest BCUT2D eigenvalue weighted by Crippen LogP contribution is -2.50. The molecule has 1 aromatic heterocycles. The molecule has 36 heavy (non-hydrogen) atoms. The van der Waals surface area contributed by atoms with Gasteiger partial charge in [0.2, 0.25) is 0 Å². The predicted molar refractivity (Wildman–Crippen MR) is 148 cm³/mol. The first-order chi connectivity index (χ1) is 17.3. The number of nitrogens with zero attached hydrogens (tertiary/aromatic N) is 4. The van der Waals surface area contributed by atoms with Crippen molar-refractivity contribution in [2.75, 3.05) is 50.4 Å². The molecule has 1 unspecified atom stereocenters. The van der Waals surface area contributed by atoms with Gasteiger partial charge in [-0.2, -0.15) is 0 Å². The summed E-state index contributed by atoms with van der Waals surface area (Å²) in [5.74, 6) is 0.505. The maximum atomic E-state index is 12.9. The van der Waals surface area contributed by atoms with Gasteiger partial charge in [-0.25, -0.2) is 4.98 Å². The van der Waals surface area contributed by atoms with Gasteiger partial charge in [0.15, 0.2) is 0 Å². The second-order valence-electron chi connectivity index (χ2n) is 9.50. The van der Waals surface area contributed by atoms with Crippen molar-refractivity contribution in [1.29, 1.82) is 0 Å². The van der Waals surface area contributed by atoms with Crippen LogP contribution in [0.1, 0.15) is 33.1 Å². The van der Waals surface area contributed by atoms with E-state index in [-0.39, 0.29) is 12.5 Å². The van der Waals surface area contributed by atoms with Crippen molar-refractivity contribution in [3.8, 4) is 5.69 Å². The highest BCUT2D eigenvalue weighted by Gasteiger charge is 2.23. The fourth-order valence-corrected chi connectivity index (χ4v) is 5.28. The molecule has 2 aromatic carbocycles. The number of nitrogens with one attached hydrogen (secondary N) is 1. The van der Waals surface area contributed by atoms with Crippen LogP contribution in [0.4, 0.5) is 5.69 Å². The molecule has 0 radical (unpaired) electrons. The van der Waals surface area contributed by atoms with Gasteiger partial charge >= 0.3 is 0 Å². The number of aryl methyl sites for hydroxylation is 2. The fraction of sp³-hybridized carbons (Fsp3) is 0.429. The van der Waals surface area contributed by atoms with Crippen LogP contribution in [-0.4, -0.2) is 77.1 Å². The maximum absolute atomic E-state index is 12.9. The molecule has 0 saturated carbocycles. The highest BCUT2D eigenvalue weighted by Crippen LogP contribution is 2.24. The van der Waals surface area contributed by atoms with Gasteiger partial charge < -0.3 is 19.9 Å². The summed E-state index contributed by atoms with van der Waals surface area (Å²) in [5.41, 5.74) is 6.11. The standard InChI is InChI=1S/C28H37N5O2S/c1-19-7-6-8-26(20(19)2)32-15-13-31(14-16-32)18-24(34)17-29-28(35)27-21(3)33(22(4)30-27)23-9-11-25(36-5)12-10-23/h6-12,24,34H,13-18H2,1-5H3,(H,29,35). The minimum atomic E-state index is -0.635. The summed E-state index contributed by atoms with van der Waals surface area (Å²) in [5, 5.41) is 13.5. The van der Waals surface area contributed by atoms with Gasteiger partial charge in [-0.3, -0.25) is 9.69 Å². The van der Waals surface area contributed by atoms with Crippen LogP contribution >= 0.6 is 11.8 Å². The third-order valence-electron chi connectivity index (χ3n) is 7.08. The molecule has 0 spiro atoms. The van der Waals surface area contributed by atoms with E-state index in [2.05, 4.69) is 64.3 Å². The Morgan fingerprint density at radius 1 is 1.06 bits per heavy atom. The minimum absolute atomic E-state index is 0.198. The third-order valence-corrected chi connectivity index (χ3v) is 7.82. The van der Waals surface area contributed by atoms with Crippen LogP contribution in [0.3, 0.4) is 0 Å². The maximum Gasteiger partial charge on any atom is 0.271 e. The normalized spacial score (nSPS) is 15.2. The van der Waals surface area contributed by atoms with Crippen molar-refractivity contribution >= 4 is 23.4 Å². The number of amides is 1. The number of aliphatic hydroxyl groups excluding tert-OH is 1. The SMILES string of the molecule is CSc1ccc(-n2c(C)nc(C(=O)NCC(O)CN3CCN(c4cccc(C)c4C)CC3)c2C)cc1. The summed E-state index contributed by atoms with van der Waals surface area (Å²) in [4.78, 5) is 23.3. The topological polar surface area (TPSA) is 73.6 Å². The van der Waals surface area contributed by atoms with Crippen molar-refractivity contribution in [2.24, 2.45) is 0 Å². The second kappa shape index (κ2) is 11.5. The first kappa shape index (κ1) is 26.3. The van der Waals surface area contributed by atoms with E-state index in [4.69, 9.17) is 0 Å². The molecule has 1 fully saturated rings. The van der Waals surface area contributed by atoms with Gasteiger partial charge in [-0.15, -0.1) is 11.8 Å². The number of carbonyl (C=O) groups is 1. The Labute approximate surface area is 218 Å². The van der Waals surface area contributed by atoms with Crippen molar-refractivity contribution in [1.82, 2.24) is 19.8 Å². The summed E-state index contributed by atoms with van der Waals surface area (Å²) in [6, 6.07) is 14.7. The van der Waals surface area contributed by atoms with E-state index in [0.717, 1.165) is 43.4 Å². The minimum Gasteiger partial charge on any atom is -0.390 e. The Hall–Kier alpha value is -2.81. The molecule has 4 rings (SSSR count). The van der Waals surface area contributed by atoms with Gasteiger partial charge in [-0.05, 0) is 75.4 Å². The van der Waals surface area contributed by atoms with Gasteiger partial charge in [0.1, 0.15) is 11.5 Å². The molecular formula is C28H37N5O2S.